The van der Waals surface area contributed by atoms with Crippen molar-refractivity contribution >= 4 is 0 Å². The second-order valence-electron chi connectivity index (χ2n) is 4.32. The highest BCUT2D eigenvalue weighted by Gasteiger charge is 2.25. The van der Waals surface area contributed by atoms with E-state index in [1.165, 1.54) is 19.4 Å². The molecule has 90 valence electrons. The van der Waals surface area contributed by atoms with Crippen LogP contribution < -0.4 is 5.73 Å². The highest BCUT2D eigenvalue weighted by molar-refractivity contribution is 4.81. The van der Waals surface area contributed by atoms with Crippen molar-refractivity contribution in [3.05, 3.63) is 0 Å². The summed E-state index contributed by atoms with van der Waals surface area (Å²) in [6, 6.07) is 0.291. The Morgan fingerprint density at radius 3 is 2.73 bits per heavy atom. The average molecular weight is 215 g/mol. The summed E-state index contributed by atoms with van der Waals surface area (Å²) in [6.45, 7) is 8.40. The third kappa shape index (κ3) is 4.07. The standard InChI is InChI=1S/C11H25N3O/c1-2-3-5-13-7-8-14(6-4-12)11(9-13)10-15/h11,15H,2-10,12H2,1H3/t11-/m0/s1. The lowest BCUT2D eigenvalue weighted by molar-refractivity contribution is 0.0416. The van der Waals surface area contributed by atoms with Crippen molar-refractivity contribution in [2.75, 3.05) is 45.9 Å². The van der Waals surface area contributed by atoms with Crippen LogP contribution in [0.4, 0.5) is 0 Å². The molecule has 0 aromatic carbocycles. The van der Waals surface area contributed by atoms with E-state index in [0.29, 0.717) is 12.6 Å². The van der Waals surface area contributed by atoms with Gasteiger partial charge in [-0.2, -0.15) is 0 Å². The number of aliphatic hydroxyl groups is 1. The minimum atomic E-state index is 0.253. The van der Waals surface area contributed by atoms with E-state index in [4.69, 9.17) is 5.73 Å². The Labute approximate surface area is 93.0 Å². The van der Waals surface area contributed by atoms with Crippen LogP contribution in [-0.2, 0) is 0 Å². The molecule has 1 atom stereocenters. The number of piperazine rings is 1. The van der Waals surface area contributed by atoms with Crippen molar-refractivity contribution in [1.82, 2.24) is 9.80 Å². The number of nitrogens with two attached hydrogens (primary N) is 1. The van der Waals surface area contributed by atoms with Crippen LogP contribution in [-0.4, -0.2) is 66.8 Å². The van der Waals surface area contributed by atoms with Crippen LogP contribution in [0.25, 0.3) is 0 Å². The lowest BCUT2D eigenvalue weighted by Gasteiger charge is -2.40. The fourth-order valence-corrected chi connectivity index (χ4v) is 2.18. The number of nitrogens with zero attached hydrogens (tertiary/aromatic N) is 2. The van der Waals surface area contributed by atoms with Crippen molar-refractivity contribution < 1.29 is 5.11 Å². The largest absolute Gasteiger partial charge is 0.395 e. The number of rotatable bonds is 6. The molecule has 4 heteroatoms. The molecular formula is C11H25N3O. The molecule has 3 N–H and O–H groups in total. The zero-order chi connectivity index (χ0) is 11.1. The van der Waals surface area contributed by atoms with Gasteiger partial charge in [0.05, 0.1) is 6.61 Å². The molecule has 15 heavy (non-hydrogen) atoms. The van der Waals surface area contributed by atoms with Gasteiger partial charge in [-0.25, -0.2) is 0 Å². The number of hydrogen-bond donors (Lipinski definition) is 2. The highest BCUT2D eigenvalue weighted by atomic mass is 16.3. The summed E-state index contributed by atoms with van der Waals surface area (Å²) in [4.78, 5) is 4.76. The van der Waals surface area contributed by atoms with Crippen molar-refractivity contribution in [2.45, 2.75) is 25.8 Å². The molecule has 0 aromatic rings. The second kappa shape index (κ2) is 7.17. The minimum absolute atomic E-state index is 0.253. The van der Waals surface area contributed by atoms with Gasteiger partial charge < -0.3 is 15.7 Å². The molecule has 0 aromatic heterocycles. The maximum absolute atomic E-state index is 9.32. The molecule has 4 nitrogen and oxygen atoms in total. The molecule has 1 heterocycles. The van der Waals surface area contributed by atoms with Gasteiger partial charge in [0, 0.05) is 38.8 Å². The fraction of sp³-hybridized carbons (Fsp3) is 1.00. The summed E-state index contributed by atoms with van der Waals surface area (Å²) in [5.74, 6) is 0. The van der Waals surface area contributed by atoms with Crippen LogP contribution in [0.2, 0.25) is 0 Å². The Hall–Kier alpha value is -0.160. The predicted molar refractivity (Wildman–Crippen MR) is 62.8 cm³/mol. The minimum Gasteiger partial charge on any atom is -0.395 e. The van der Waals surface area contributed by atoms with Crippen molar-refractivity contribution in [1.29, 1.82) is 0 Å². The van der Waals surface area contributed by atoms with E-state index < -0.39 is 0 Å². The van der Waals surface area contributed by atoms with Gasteiger partial charge in [0.2, 0.25) is 0 Å². The van der Waals surface area contributed by atoms with E-state index in [1.54, 1.807) is 0 Å². The Morgan fingerprint density at radius 2 is 2.13 bits per heavy atom. The first-order valence-electron chi connectivity index (χ1n) is 6.09. The van der Waals surface area contributed by atoms with Crippen molar-refractivity contribution in [3.63, 3.8) is 0 Å². The van der Waals surface area contributed by atoms with E-state index in [2.05, 4.69) is 16.7 Å². The van der Waals surface area contributed by atoms with Crippen LogP contribution in [0.5, 0.6) is 0 Å². The Morgan fingerprint density at radius 1 is 1.33 bits per heavy atom. The van der Waals surface area contributed by atoms with E-state index in [-0.39, 0.29) is 6.61 Å². The molecule has 0 aliphatic carbocycles. The van der Waals surface area contributed by atoms with Crippen LogP contribution in [0.1, 0.15) is 19.8 Å². The molecule has 0 spiro atoms. The zero-order valence-electron chi connectivity index (χ0n) is 9.86. The number of unbranched alkanes of at least 4 members (excludes halogenated alkanes) is 1. The van der Waals surface area contributed by atoms with Gasteiger partial charge in [0.25, 0.3) is 0 Å². The van der Waals surface area contributed by atoms with Crippen LogP contribution in [0, 0.1) is 0 Å². The molecule has 1 rings (SSSR count). The first-order chi connectivity index (χ1) is 7.31. The molecule has 0 amide bonds. The summed E-state index contributed by atoms with van der Waals surface area (Å²) in [7, 11) is 0. The van der Waals surface area contributed by atoms with E-state index in [1.807, 2.05) is 0 Å². The van der Waals surface area contributed by atoms with Gasteiger partial charge in [-0.15, -0.1) is 0 Å². The smallest absolute Gasteiger partial charge is 0.0599 e. The normalized spacial score (nSPS) is 24.6. The zero-order valence-corrected chi connectivity index (χ0v) is 9.86. The third-order valence-corrected chi connectivity index (χ3v) is 3.14. The molecular weight excluding hydrogens is 190 g/mol. The summed E-state index contributed by atoms with van der Waals surface area (Å²) < 4.78 is 0. The Bertz CT molecular complexity index is 166. The van der Waals surface area contributed by atoms with Crippen molar-refractivity contribution in [2.24, 2.45) is 5.73 Å². The molecule has 0 saturated carbocycles. The first kappa shape index (κ1) is 12.9. The lowest BCUT2D eigenvalue weighted by atomic mass is 10.1. The van der Waals surface area contributed by atoms with Gasteiger partial charge in [-0.3, -0.25) is 4.90 Å². The second-order valence-corrected chi connectivity index (χ2v) is 4.32. The third-order valence-electron chi connectivity index (χ3n) is 3.14. The topological polar surface area (TPSA) is 52.7 Å². The number of aliphatic hydroxyl groups excluding tert-OH is 1. The highest BCUT2D eigenvalue weighted by Crippen LogP contribution is 2.09. The monoisotopic (exact) mass is 215 g/mol. The molecule has 1 aliphatic rings. The summed E-state index contributed by atoms with van der Waals surface area (Å²) in [6.07, 6.45) is 2.50. The molecule has 0 radical (unpaired) electrons. The Balaban J connectivity index is 2.33. The fourth-order valence-electron chi connectivity index (χ4n) is 2.18. The Kier molecular flexibility index (Phi) is 6.17. The van der Waals surface area contributed by atoms with E-state index in [9.17, 15) is 5.11 Å². The SMILES string of the molecule is CCCCN1CCN(CCN)[C@H](CO)C1. The maximum Gasteiger partial charge on any atom is 0.0599 e. The lowest BCUT2D eigenvalue weighted by Crippen LogP contribution is -2.55. The number of hydrogen-bond acceptors (Lipinski definition) is 4. The molecule has 1 saturated heterocycles. The molecule has 1 fully saturated rings. The summed E-state index contributed by atoms with van der Waals surface area (Å²) in [5.41, 5.74) is 5.55. The molecule has 1 aliphatic heterocycles. The van der Waals surface area contributed by atoms with Crippen LogP contribution in [0.15, 0.2) is 0 Å². The average Bonchev–Trinajstić information content (AvgIpc) is 2.28. The van der Waals surface area contributed by atoms with Gasteiger partial charge in [-0.1, -0.05) is 13.3 Å². The van der Waals surface area contributed by atoms with E-state index >= 15 is 0 Å². The van der Waals surface area contributed by atoms with Gasteiger partial charge in [0.1, 0.15) is 0 Å². The first-order valence-corrected chi connectivity index (χ1v) is 6.09. The molecule has 0 bridgehead atoms. The summed E-state index contributed by atoms with van der Waals surface area (Å²) in [5, 5.41) is 9.32. The van der Waals surface area contributed by atoms with E-state index in [0.717, 1.165) is 26.2 Å². The van der Waals surface area contributed by atoms with Crippen molar-refractivity contribution in [3.8, 4) is 0 Å². The van der Waals surface area contributed by atoms with Gasteiger partial charge in [0.15, 0.2) is 0 Å². The van der Waals surface area contributed by atoms with Crippen LogP contribution >= 0.6 is 0 Å². The summed E-state index contributed by atoms with van der Waals surface area (Å²) >= 11 is 0. The quantitative estimate of drug-likeness (QED) is 0.640. The van der Waals surface area contributed by atoms with Crippen LogP contribution in [0.3, 0.4) is 0 Å². The van der Waals surface area contributed by atoms with Gasteiger partial charge in [-0.05, 0) is 13.0 Å². The van der Waals surface area contributed by atoms with Gasteiger partial charge >= 0.3 is 0 Å². The maximum atomic E-state index is 9.32. The molecule has 0 unspecified atom stereocenters. The predicted octanol–water partition coefficient (Wildman–Crippen LogP) is -0.276.